The fraction of sp³-hybridized carbons (Fsp3) is 0.529. The zero-order chi connectivity index (χ0) is 15.3. The van der Waals surface area contributed by atoms with E-state index in [2.05, 4.69) is 17.5 Å². The van der Waals surface area contributed by atoms with Gasteiger partial charge in [0.05, 0.1) is 5.69 Å². The second-order valence-corrected chi connectivity index (χ2v) is 7.04. The zero-order valence-corrected chi connectivity index (χ0v) is 12.8. The highest BCUT2D eigenvalue weighted by Crippen LogP contribution is 2.70. The maximum Gasteiger partial charge on any atom is 0.0561 e. The average Bonchev–Trinajstić information content (AvgIpc) is 2.76. The monoisotopic (exact) mass is 285 g/mol. The molecular formula is C17H21N2O2-. The SMILES string of the molecule is CC12CCC(C(=O)[O-])(C/C1=N\Nc1ccccc1)C2(C)C. The van der Waals surface area contributed by atoms with Crippen LogP contribution in [0.4, 0.5) is 5.69 Å². The summed E-state index contributed by atoms with van der Waals surface area (Å²) >= 11 is 0. The molecule has 0 spiro atoms. The number of hydrazone groups is 1. The van der Waals surface area contributed by atoms with E-state index in [4.69, 9.17) is 0 Å². The van der Waals surface area contributed by atoms with Crippen LogP contribution in [0.15, 0.2) is 35.4 Å². The second-order valence-electron chi connectivity index (χ2n) is 7.04. The molecule has 2 unspecified atom stereocenters. The van der Waals surface area contributed by atoms with Gasteiger partial charge in [0.1, 0.15) is 0 Å². The number of carbonyl (C=O) groups excluding carboxylic acids is 1. The summed E-state index contributed by atoms with van der Waals surface area (Å²) in [7, 11) is 0. The molecule has 3 rings (SSSR count). The first-order chi connectivity index (χ1) is 9.83. The van der Waals surface area contributed by atoms with Crippen molar-refractivity contribution < 1.29 is 9.90 Å². The lowest BCUT2D eigenvalue weighted by Crippen LogP contribution is -2.47. The Morgan fingerprint density at radius 2 is 1.86 bits per heavy atom. The van der Waals surface area contributed by atoms with E-state index in [1.807, 2.05) is 44.2 Å². The number of carboxylic acids is 1. The third-order valence-electron chi connectivity index (χ3n) is 6.22. The summed E-state index contributed by atoms with van der Waals surface area (Å²) in [4.78, 5) is 11.8. The van der Waals surface area contributed by atoms with E-state index >= 15 is 0 Å². The number of carboxylic acid groups (broad SMARTS) is 1. The minimum absolute atomic E-state index is 0.186. The van der Waals surface area contributed by atoms with Gasteiger partial charge in [-0.25, -0.2) is 0 Å². The van der Waals surface area contributed by atoms with Gasteiger partial charge >= 0.3 is 0 Å². The summed E-state index contributed by atoms with van der Waals surface area (Å²) in [5.41, 5.74) is 3.63. The van der Waals surface area contributed by atoms with E-state index in [9.17, 15) is 9.90 Å². The molecule has 0 radical (unpaired) electrons. The number of nitrogens with zero attached hydrogens (tertiary/aromatic N) is 1. The first-order valence-electron chi connectivity index (χ1n) is 7.43. The van der Waals surface area contributed by atoms with E-state index in [1.54, 1.807) is 0 Å². The normalized spacial score (nSPS) is 35.1. The predicted molar refractivity (Wildman–Crippen MR) is 80.7 cm³/mol. The number of hydrogen-bond donors (Lipinski definition) is 1. The van der Waals surface area contributed by atoms with Crippen LogP contribution >= 0.6 is 0 Å². The maximum absolute atomic E-state index is 11.8. The number of hydrogen-bond acceptors (Lipinski definition) is 4. The highest BCUT2D eigenvalue weighted by molar-refractivity contribution is 6.00. The Kier molecular flexibility index (Phi) is 2.91. The van der Waals surface area contributed by atoms with Crippen molar-refractivity contribution in [3.05, 3.63) is 30.3 Å². The van der Waals surface area contributed by atoms with Crippen molar-refractivity contribution in [2.24, 2.45) is 21.3 Å². The van der Waals surface area contributed by atoms with Crippen molar-refractivity contribution in [3.8, 4) is 0 Å². The summed E-state index contributed by atoms with van der Waals surface area (Å²) < 4.78 is 0. The van der Waals surface area contributed by atoms with E-state index in [0.29, 0.717) is 12.8 Å². The number of anilines is 1. The summed E-state index contributed by atoms with van der Waals surface area (Å²) in [5, 5.41) is 16.3. The van der Waals surface area contributed by atoms with Crippen molar-refractivity contribution in [3.63, 3.8) is 0 Å². The third-order valence-corrected chi connectivity index (χ3v) is 6.22. The Morgan fingerprint density at radius 3 is 2.43 bits per heavy atom. The van der Waals surface area contributed by atoms with Crippen LogP contribution in [0.3, 0.4) is 0 Å². The van der Waals surface area contributed by atoms with Gasteiger partial charge in [0, 0.05) is 22.5 Å². The molecule has 2 aliphatic carbocycles. The van der Waals surface area contributed by atoms with Crippen molar-refractivity contribution >= 4 is 17.4 Å². The van der Waals surface area contributed by atoms with Gasteiger partial charge in [-0.3, -0.25) is 5.43 Å². The largest absolute Gasteiger partial charge is 0.550 e. The molecule has 112 valence electrons. The van der Waals surface area contributed by atoms with Gasteiger partial charge in [0.25, 0.3) is 0 Å². The molecule has 0 saturated heterocycles. The van der Waals surface area contributed by atoms with E-state index in [1.165, 1.54) is 0 Å². The van der Waals surface area contributed by atoms with Crippen molar-refractivity contribution in [1.29, 1.82) is 0 Å². The van der Waals surface area contributed by atoms with Crippen molar-refractivity contribution in [2.75, 3.05) is 5.43 Å². The van der Waals surface area contributed by atoms with Gasteiger partial charge in [-0.15, -0.1) is 0 Å². The minimum Gasteiger partial charge on any atom is -0.550 e. The Balaban J connectivity index is 1.94. The van der Waals surface area contributed by atoms with Crippen LogP contribution in [0.25, 0.3) is 0 Å². The van der Waals surface area contributed by atoms with Crippen LogP contribution in [0, 0.1) is 16.2 Å². The molecule has 0 aromatic heterocycles. The Labute approximate surface area is 125 Å². The van der Waals surface area contributed by atoms with Gasteiger partial charge in [0.2, 0.25) is 0 Å². The maximum atomic E-state index is 11.8. The van der Waals surface area contributed by atoms with Gasteiger partial charge in [-0.2, -0.15) is 5.10 Å². The first kappa shape index (κ1) is 14.1. The van der Waals surface area contributed by atoms with Crippen molar-refractivity contribution in [1.82, 2.24) is 0 Å². The molecule has 2 bridgehead atoms. The van der Waals surface area contributed by atoms with Gasteiger partial charge in [-0.05, 0) is 36.8 Å². The quantitative estimate of drug-likeness (QED) is 0.867. The summed E-state index contributed by atoms with van der Waals surface area (Å²) in [6.07, 6.45) is 2.02. The third kappa shape index (κ3) is 1.68. The Bertz CT molecular complexity index is 608. The standard InChI is InChI=1S/C17H22N2O2/c1-15(2)16(3)9-10-17(15,14(20)21)11-13(16)19-18-12-7-5-4-6-8-12/h4-8,18H,9-11H2,1-3H3,(H,20,21)/p-1/b19-13+. The zero-order valence-electron chi connectivity index (χ0n) is 12.8. The summed E-state index contributed by atoms with van der Waals surface area (Å²) in [6, 6.07) is 9.72. The number of fused-ring (bicyclic) bond motifs is 2. The predicted octanol–water partition coefficient (Wildman–Crippen LogP) is 2.42. The highest BCUT2D eigenvalue weighted by atomic mass is 16.4. The van der Waals surface area contributed by atoms with Crippen LogP contribution in [0.2, 0.25) is 0 Å². The molecule has 1 N–H and O–H groups in total. The van der Waals surface area contributed by atoms with Crippen LogP contribution in [0.5, 0.6) is 0 Å². The van der Waals surface area contributed by atoms with Crippen LogP contribution < -0.4 is 10.5 Å². The molecule has 21 heavy (non-hydrogen) atoms. The van der Waals surface area contributed by atoms with Crippen LogP contribution in [-0.2, 0) is 4.79 Å². The Morgan fingerprint density at radius 1 is 1.19 bits per heavy atom. The molecule has 4 nitrogen and oxygen atoms in total. The van der Waals surface area contributed by atoms with E-state index in [0.717, 1.165) is 17.8 Å². The molecule has 1 aromatic carbocycles. The molecule has 1 aromatic rings. The summed E-state index contributed by atoms with van der Waals surface area (Å²) in [6.45, 7) is 6.22. The number of rotatable bonds is 3. The molecule has 0 aliphatic heterocycles. The number of carbonyl (C=O) groups is 1. The van der Waals surface area contributed by atoms with Gasteiger partial charge < -0.3 is 9.90 Å². The lowest BCUT2D eigenvalue weighted by Gasteiger charge is -2.41. The smallest absolute Gasteiger partial charge is 0.0561 e. The number of nitrogens with one attached hydrogen (secondary N) is 1. The molecule has 2 atom stereocenters. The summed E-state index contributed by atoms with van der Waals surface area (Å²) in [5.74, 6) is -0.930. The topological polar surface area (TPSA) is 64.5 Å². The van der Waals surface area contributed by atoms with Gasteiger partial charge in [-0.1, -0.05) is 39.0 Å². The first-order valence-corrected chi connectivity index (χ1v) is 7.43. The number of aliphatic carboxylic acids is 1. The minimum atomic E-state index is -0.930. The van der Waals surface area contributed by atoms with E-state index in [-0.39, 0.29) is 10.8 Å². The van der Waals surface area contributed by atoms with Crippen molar-refractivity contribution in [2.45, 2.75) is 40.0 Å². The lowest BCUT2D eigenvalue weighted by atomic mass is 9.65. The molecule has 2 aliphatic rings. The fourth-order valence-corrected chi connectivity index (χ4v) is 4.15. The number of para-hydroxylation sites is 1. The molecule has 2 saturated carbocycles. The molecule has 2 fully saturated rings. The molecular weight excluding hydrogens is 264 g/mol. The Hall–Kier alpha value is -1.84. The lowest BCUT2D eigenvalue weighted by molar-refractivity contribution is -0.323. The fourth-order valence-electron chi connectivity index (χ4n) is 4.15. The number of benzene rings is 1. The molecule has 0 amide bonds. The molecule has 0 heterocycles. The molecule has 4 heteroatoms. The van der Waals surface area contributed by atoms with Crippen LogP contribution in [-0.4, -0.2) is 11.7 Å². The highest BCUT2D eigenvalue weighted by Gasteiger charge is 2.69. The average molecular weight is 285 g/mol. The van der Waals surface area contributed by atoms with Crippen LogP contribution in [0.1, 0.15) is 40.0 Å². The van der Waals surface area contributed by atoms with Gasteiger partial charge in [0.15, 0.2) is 0 Å². The van der Waals surface area contributed by atoms with E-state index < -0.39 is 11.4 Å². The second kappa shape index (κ2) is 4.33.